The molecule has 1 rings (SSSR count). The van der Waals surface area contributed by atoms with Crippen LogP contribution in [0.25, 0.3) is 0 Å². The average molecular weight is 305 g/mol. The maximum absolute atomic E-state index is 11.4. The minimum atomic E-state index is -1.27. The van der Waals surface area contributed by atoms with E-state index in [2.05, 4.69) is 30.2 Å². The smallest absolute Gasteiger partial charge is 0.437 e. The predicted octanol–water partition coefficient (Wildman–Crippen LogP) is 2.21. The van der Waals surface area contributed by atoms with Crippen molar-refractivity contribution in [2.24, 2.45) is 5.41 Å². The first kappa shape index (κ1) is 15.8. The summed E-state index contributed by atoms with van der Waals surface area (Å²) >= 11 is 8.15. The second kappa shape index (κ2) is 4.71. The number of nitrogens with zero attached hydrogens (tertiary/aromatic N) is 3. The lowest BCUT2D eigenvalue weighted by Crippen LogP contribution is -2.47. The largest absolute Gasteiger partial charge is 0.481 e. The molecule has 0 radical (unpaired) electrons. The van der Waals surface area contributed by atoms with E-state index in [0.29, 0.717) is 0 Å². The normalized spacial score (nSPS) is 12.5. The molecular weight excluding hydrogens is 290 g/mol. The molecule has 0 atom stereocenters. The summed E-state index contributed by atoms with van der Waals surface area (Å²) in [4.78, 5) is 25.5. The van der Waals surface area contributed by atoms with Crippen LogP contribution in [0.2, 0.25) is 0 Å². The van der Waals surface area contributed by atoms with Crippen molar-refractivity contribution in [2.75, 3.05) is 0 Å². The SMILES string of the molecule is CC(C)(C(=O)O)C(C)(C)n1c([N+](=O)[O-])nc(S)c1S. The third kappa shape index (κ3) is 2.32. The summed E-state index contributed by atoms with van der Waals surface area (Å²) in [6, 6.07) is 0. The van der Waals surface area contributed by atoms with Crippen LogP contribution in [-0.4, -0.2) is 25.6 Å². The maximum atomic E-state index is 11.4. The Morgan fingerprint density at radius 3 is 2.21 bits per heavy atom. The molecule has 0 aliphatic carbocycles. The molecule has 1 heterocycles. The minimum Gasteiger partial charge on any atom is -0.481 e. The minimum absolute atomic E-state index is 0.0873. The van der Waals surface area contributed by atoms with E-state index in [9.17, 15) is 20.0 Å². The molecule has 0 aliphatic rings. The standard InChI is InChI=1S/C10H15N3O4S2/c1-9(2,7(14)15)10(3,4)12-6(19)5(18)11-8(12)13(16)17/h18-19H,1-4H3,(H,14,15). The van der Waals surface area contributed by atoms with E-state index in [1.807, 2.05) is 0 Å². The first-order valence-electron chi connectivity index (χ1n) is 5.33. The lowest BCUT2D eigenvalue weighted by atomic mass is 9.74. The zero-order valence-corrected chi connectivity index (χ0v) is 12.7. The van der Waals surface area contributed by atoms with Crippen LogP contribution in [0.4, 0.5) is 5.95 Å². The van der Waals surface area contributed by atoms with Crippen LogP contribution in [-0.2, 0) is 10.3 Å². The molecule has 106 valence electrons. The predicted molar refractivity (Wildman–Crippen MR) is 74.1 cm³/mol. The van der Waals surface area contributed by atoms with E-state index in [4.69, 9.17) is 0 Å². The molecule has 19 heavy (non-hydrogen) atoms. The van der Waals surface area contributed by atoms with Gasteiger partial charge >= 0.3 is 11.9 Å². The molecule has 0 amide bonds. The van der Waals surface area contributed by atoms with Crippen molar-refractivity contribution in [3.8, 4) is 0 Å². The van der Waals surface area contributed by atoms with Gasteiger partial charge in [0.2, 0.25) is 5.03 Å². The fraction of sp³-hybridized carbons (Fsp3) is 0.600. The third-order valence-electron chi connectivity index (χ3n) is 3.60. The van der Waals surface area contributed by atoms with Crippen molar-refractivity contribution in [2.45, 2.75) is 43.3 Å². The van der Waals surface area contributed by atoms with Crippen molar-refractivity contribution < 1.29 is 14.8 Å². The second-order valence-corrected chi connectivity index (χ2v) is 5.99. The Labute approximate surface area is 121 Å². The van der Waals surface area contributed by atoms with E-state index in [1.54, 1.807) is 13.8 Å². The molecular formula is C10H15N3O4S2. The molecule has 9 heteroatoms. The Morgan fingerprint density at radius 2 is 1.84 bits per heavy atom. The lowest BCUT2D eigenvalue weighted by molar-refractivity contribution is -0.399. The van der Waals surface area contributed by atoms with Gasteiger partial charge in [-0.3, -0.25) is 4.79 Å². The summed E-state index contributed by atoms with van der Waals surface area (Å²) in [5.74, 6) is -1.55. The summed E-state index contributed by atoms with van der Waals surface area (Å²) in [5, 5.41) is 20.6. The maximum Gasteiger partial charge on any atom is 0.437 e. The molecule has 0 spiro atoms. The van der Waals surface area contributed by atoms with Crippen LogP contribution in [0, 0.1) is 15.5 Å². The van der Waals surface area contributed by atoms with Gasteiger partial charge in [-0.05, 0) is 32.6 Å². The van der Waals surface area contributed by atoms with E-state index in [0.717, 1.165) is 0 Å². The lowest BCUT2D eigenvalue weighted by Gasteiger charge is -2.36. The molecule has 0 bridgehead atoms. The molecule has 0 fully saturated rings. The van der Waals surface area contributed by atoms with Crippen LogP contribution in [0.15, 0.2) is 10.1 Å². The van der Waals surface area contributed by atoms with Gasteiger partial charge in [-0.1, -0.05) is 4.98 Å². The number of hydrogen-bond donors (Lipinski definition) is 3. The second-order valence-electron chi connectivity index (χ2n) is 5.14. The summed E-state index contributed by atoms with van der Waals surface area (Å²) in [6.07, 6.45) is 0. The highest BCUT2D eigenvalue weighted by atomic mass is 32.1. The van der Waals surface area contributed by atoms with Gasteiger partial charge in [0.15, 0.2) is 5.03 Å². The third-order valence-corrected chi connectivity index (χ3v) is 4.50. The van der Waals surface area contributed by atoms with Crippen LogP contribution >= 0.6 is 25.3 Å². The Hall–Kier alpha value is -1.22. The Kier molecular flexibility index (Phi) is 3.93. The molecule has 1 aromatic rings. The van der Waals surface area contributed by atoms with E-state index in [1.165, 1.54) is 18.4 Å². The molecule has 7 nitrogen and oxygen atoms in total. The number of imidazole rings is 1. The zero-order chi connectivity index (χ0) is 15.2. The summed E-state index contributed by atoms with van der Waals surface area (Å²) in [7, 11) is 0. The fourth-order valence-electron chi connectivity index (χ4n) is 1.57. The van der Waals surface area contributed by atoms with Crippen LogP contribution in [0.3, 0.4) is 0 Å². The highest BCUT2D eigenvalue weighted by Crippen LogP contribution is 2.42. The van der Waals surface area contributed by atoms with E-state index >= 15 is 0 Å². The fourth-order valence-corrected chi connectivity index (χ4v) is 2.15. The number of hydrogen-bond acceptors (Lipinski definition) is 6. The molecule has 0 unspecified atom stereocenters. The average Bonchev–Trinajstić information content (AvgIpc) is 2.55. The summed E-state index contributed by atoms with van der Waals surface area (Å²) in [6.45, 7) is 6.15. The van der Waals surface area contributed by atoms with Gasteiger partial charge in [0.05, 0.1) is 5.41 Å². The summed E-state index contributed by atoms with van der Waals surface area (Å²) in [5.41, 5.74) is -2.39. The number of carboxylic acids is 1. The Bertz CT molecular complexity index is 551. The van der Waals surface area contributed by atoms with Crippen LogP contribution < -0.4 is 0 Å². The van der Waals surface area contributed by atoms with Gasteiger partial charge in [0.25, 0.3) is 0 Å². The first-order valence-corrected chi connectivity index (χ1v) is 6.23. The molecule has 1 aromatic heterocycles. The monoisotopic (exact) mass is 305 g/mol. The number of carboxylic acid groups (broad SMARTS) is 1. The van der Waals surface area contributed by atoms with Gasteiger partial charge in [-0.15, -0.1) is 25.3 Å². The van der Waals surface area contributed by atoms with Gasteiger partial charge in [-0.25, -0.2) is 4.57 Å². The van der Waals surface area contributed by atoms with Gasteiger partial charge in [-0.2, -0.15) is 0 Å². The van der Waals surface area contributed by atoms with Crippen LogP contribution in [0.1, 0.15) is 27.7 Å². The Balaban J connectivity index is 3.61. The zero-order valence-electron chi connectivity index (χ0n) is 10.9. The molecule has 1 N–H and O–H groups in total. The topological polar surface area (TPSA) is 98.3 Å². The van der Waals surface area contributed by atoms with Crippen molar-refractivity contribution in [1.82, 2.24) is 9.55 Å². The number of thiol groups is 2. The number of aromatic nitrogens is 2. The molecule has 0 aromatic carbocycles. The van der Waals surface area contributed by atoms with Crippen molar-refractivity contribution in [3.05, 3.63) is 10.1 Å². The molecule has 0 saturated heterocycles. The van der Waals surface area contributed by atoms with Crippen molar-refractivity contribution in [1.29, 1.82) is 0 Å². The quantitative estimate of drug-likeness (QED) is 0.450. The van der Waals surface area contributed by atoms with Crippen molar-refractivity contribution in [3.63, 3.8) is 0 Å². The van der Waals surface area contributed by atoms with Gasteiger partial charge in [0.1, 0.15) is 5.54 Å². The number of rotatable bonds is 4. The number of nitro groups is 1. The number of carbonyl (C=O) groups is 1. The van der Waals surface area contributed by atoms with Gasteiger partial charge in [0, 0.05) is 0 Å². The number of aliphatic carboxylic acids is 1. The molecule has 0 saturated carbocycles. The van der Waals surface area contributed by atoms with Gasteiger partial charge < -0.3 is 15.2 Å². The van der Waals surface area contributed by atoms with Crippen molar-refractivity contribution >= 4 is 37.2 Å². The van der Waals surface area contributed by atoms with E-state index in [-0.39, 0.29) is 10.1 Å². The van der Waals surface area contributed by atoms with E-state index < -0.39 is 27.8 Å². The molecule has 0 aliphatic heterocycles. The first-order chi connectivity index (χ1) is 8.44. The highest BCUT2D eigenvalue weighted by molar-refractivity contribution is 7.83. The van der Waals surface area contributed by atoms with Crippen LogP contribution in [0.5, 0.6) is 0 Å². The summed E-state index contributed by atoms with van der Waals surface area (Å²) < 4.78 is 1.19. The highest BCUT2D eigenvalue weighted by Gasteiger charge is 2.51. The Morgan fingerprint density at radius 1 is 1.37 bits per heavy atom.